The molecule has 1 fully saturated rings. The molecule has 2 amide bonds. The molecule has 1 aromatic carbocycles. The SMILES string of the molecule is CN(C(=O)Nc1cn[nH]c1)C1CCN(c2ccc(F)cc2)CC1. The van der Waals surface area contributed by atoms with Gasteiger partial charge in [0.1, 0.15) is 5.82 Å². The van der Waals surface area contributed by atoms with Gasteiger partial charge in [0.15, 0.2) is 0 Å². The maximum Gasteiger partial charge on any atom is 0.321 e. The summed E-state index contributed by atoms with van der Waals surface area (Å²) in [6, 6.07) is 6.61. The predicted octanol–water partition coefficient (Wildman–Crippen LogP) is 2.68. The fourth-order valence-corrected chi connectivity index (χ4v) is 2.86. The van der Waals surface area contributed by atoms with Crippen molar-refractivity contribution in [2.75, 3.05) is 30.4 Å². The van der Waals surface area contributed by atoms with Crippen LogP contribution in [0.25, 0.3) is 0 Å². The minimum Gasteiger partial charge on any atom is -0.371 e. The number of piperidine rings is 1. The fourth-order valence-electron chi connectivity index (χ4n) is 2.86. The zero-order chi connectivity index (χ0) is 16.2. The van der Waals surface area contributed by atoms with Crippen molar-refractivity contribution < 1.29 is 9.18 Å². The molecule has 0 unspecified atom stereocenters. The quantitative estimate of drug-likeness (QED) is 0.915. The van der Waals surface area contributed by atoms with Crippen LogP contribution in [0.4, 0.5) is 20.6 Å². The zero-order valence-corrected chi connectivity index (χ0v) is 13.0. The van der Waals surface area contributed by atoms with E-state index in [1.807, 2.05) is 7.05 Å². The van der Waals surface area contributed by atoms with Crippen molar-refractivity contribution >= 4 is 17.4 Å². The van der Waals surface area contributed by atoms with Crippen LogP contribution in [-0.2, 0) is 0 Å². The highest BCUT2D eigenvalue weighted by molar-refractivity contribution is 5.89. The molecule has 7 heteroatoms. The van der Waals surface area contributed by atoms with Crippen LogP contribution in [0, 0.1) is 5.82 Å². The Morgan fingerprint density at radius 2 is 2.04 bits per heavy atom. The van der Waals surface area contributed by atoms with E-state index in [1.54, 1.807) is 29.4 Å². The van der Waals surface area contributed by atoms with Gasteiger partial charge in [-0.15, -0.1) is 0 Å². The van der Waals surface area contributed by atoms with Crippen LogP contribution in [0.1, 0.15) is 12.8 Å². The molecule has 0 aliphatic carbocycles. The van der Waals surface area contributed by atoms with Crippen LogP contribution in [0.2, 0.25) is 0 Å². The van der Waals surface area contributed by atoms with Crippen LogP contribution in [0.15, 0.2) is 36.7 Å². The molecule has 6 nitrogen and oxygen atoms in total. The second-order valence-corrected chi connectivity index (χ2v) is 5.72. The van der Waals surface area contributed by atoms with Crippen LogP contribution in [0.3, 0.4) is 0 Å². The maximum atomic E-state index is 13.0. The second-order valence-electron chi connectivity index (χ2n) is 5.72. The number of carbonyl (C=O) groups excluding carboxylic acids is 1. The van der Waals surface area contributed by atoms with E-state index in [2.05, 4.69) is 20.4 Å². The third-order valence-electron chi connectivity index (χ3n) is 4.27. The molecule has 122 valence electrons. The lowest BCUT2D eigenvalue weighted by molar-refractivity contribution is 0.193. The Labute approximate surface area is 134 Å². The van der Waals surface area contributed by atoms with Crippen molar-refractivity contribution in [1.29, 1.82) is 0 Å². The van der Waals surface area contributed by atoms with E-state index in [0.717, 1.165) is 31.6 Å². The van der Waals surface area contributed by atoms with Crippen molar-refractivity contribution in [3.8, 4) is 0 Å². The topological polar surface area (TPSA) is 64.3 Å². The van der Waals surface area contributed by atoms with Crippen LogP contribution >= 0.6 is 0 Å². The fraction of sp³-hybridized carbons (Fsp3) is 0.375. The molecular formula is C16H20FN5O. The first-order chi connectivity index (χ1) is 11.1. The third kappa shape index (κ3) is 3.61. The number of nitrogens with zero attached hydrogens (tertiary/aromatic N) is 3. The molecule has 0 spiro atoms. The molecule has 2 aromatic rings. The van der Waals surface area contributed by atoms with E-state index in [-0.39, 0.29) is 17.9 Å². The van der Waals surface area contributed by atoms with Crippen molar-refractivity contribution in [2.24, 2.45) is 0 Å². The van der Waals surface area contributed by atoms with Gasteiger partial charge in [-0.25, -0.2) is 9.18 Å². The number of nitrogens with one attached hydrogen (secondary N) is 2. The van der Waals surface area contributed by atoms with E-state index < -0.39 is 0 Å². The highest BCUT2D eigenvalue weighted by Crippen LogP contribution is 2.22. The van der Waals surface area contributed by atoms with Crippen LogP contribution < -0.4 is 10.2 Å². The van der Waals surface area contributed by atoms with Gasteiger partial charge in [0.05, 0.1) is 11.9 Å². The highest BCUT2D eigenvalue weighted by atomic mass is 19.1. The van der Waals surface area contributed by atoms with E-state index in [9.17, 15) is 9.18 Å². The minimum atomic E-state index is -0.223. The number of anilines is 2. The summed E-state index contributed by atoms with van der Waals surface area (Å²) in [6.07, 6.45) is 4.98. The highest BCUT2D eigenvalue weighted by Gasteiger charge is 2.25. The molecule has 1 aliphatic rings. The van der Waals surface area contributed by atoms with Crippen molar-refractivity contribution in [1.82, 2.24) is 15.1 Å². The Morgan fingerprint density at radius 1 is 1.35 bits per heavy atom. The zero-order valence-electron chi connectivity index (χ0n) is 13.0. The number of amides is 2. The van der Waals surface area contributed by atoms with E-state index >= 15 is 0 Å². The number of halogens is 1. The number of aromatic amines is 1. The first-order valence-corrected chi connectivity index (χ1v) is 7.66. The minimum absolute atomic E-state index is 0.133. The number of hydrogen-bond donors (Lipinski definition) is 2. The smallest absolute Gasteiger partial charge is 0.321 e. The Morgan fingerprint density at radius 3 is 2.65 bits per heavy atom. The number of aromatic nitrogens is 2. The molecule has 1 aliphatic heterocycles. The van der Waals surface area contributed by atoms with Gasteiger partial charge in [0.25, 0.3) is 0 Å². The molecular weight excluding hydrogens is 297 g/mol. The van der Waals surface area contributed by atoms with E-state index in [1.165, 1.54) is 12.1 Å². The lowest BCUT2D eigenvalue weighted by Crippen LogP contribution is -2.47. The van der Waals surface area contributed by atoms with Gasteiger partial charge in [-0.05, 0) is 37.1 Å². The molecule has 2 heterocycles. The maximum absolute atomic E-state index is 13.0. The number of benzene rings is 1. The molecule has 3 rings (SSSR count). The van der Waals surface area contributed by atoms with Gasteiger partial charge >= 0.3 is 6.03 Å². The second kappa shape index (κ2) is 6.68. The molecule has 2 N–H and O–H groups in total. The summed E-state index contributed by atoms with van der Waals surface area (Å²) in [5, 5.41) is 9.28. The van der Waals surface area contributed by atoms with Gasteiger partial charge in [0, 0.05) is 38.1 Å². The summed E-state index contributed by atoms with van der Waals surface area (Å²) in [6.45, 7) is 1.69. The van der Waals surface area contributed by atoms with Crippen LogP contribution in [0.5, 0.6) is 0 Å². The van der Waals surface area contributed by atoms with Crippen LogP contribution in [-0.4, -0.2) is 47.3 Å². The van der Waals surface area contributed by atoms with Crippen molar-refractivity contribution in [3.63, 3.8) is 0 Å². The van der Waals surface area contributed by atoms with Gasteiger partial charge in [-0.3, -0.25) is 5.10 Å². The van der Waals surface area contributed by atoms with Gasteiger partial charge < -0.3 is 15.1 Å². The normalized spacial score (nSPS) is 15.5. The molecule has 0 saturated carbocycles. The molecule has 1 aromatic heterocycles. The number of urea groups is 1. The van der Waals surface area contributed by atoms with Crippen molar-refractivity contribution in [2.45, 2.75) is 18.9 Å². The summed E-state index contributed by atoms with van der Waals surface area (Å²) in [5.41, 5.74) is 1.68. The Kier molecular flexibility index (Phi) is 4.45. The lowest BCUT2D eigenvalue weighted by Gasteiger charge is -2.37. The average molecular weight is 317 g/mol. The number of H-pyrrole nitrogens is 1. The largest absolute Gasteiger partial charge is 0.371 e. The lowest BCUT2D eigenvalue weighted by atomic mass is 10.0. The standard InChI is InChI=1S/C16H20FN5O/c1-21(16(23)20-13-10-18-19-11-13)14-6-8-22(9-7-14)15-4-2-12(17)3-5-15/h2-5,10-11,14H,6-9H2,1H3,(H,18,19)(H,20,23). The van der Waals surface area contributed by atoms with Gasteiger partial charge in [0.2, 0.25) is 0 Å². The summed E-state index contributed by atoms with van der Waals surface area (Å²) in [5.74, 6) is -0.223. The Hall–Kier alpha value is -2.57. The first-order valence-electron chi connectivity index (χ1n) is 7.66. The average Bonchev–Trinajstić information content (AvgIpc) is 3.08. The molecule has 1 saturated heterocycles. The monoisotopic (exact) mass is 317 g/mol. The molecule has 23 heavy (non-hydrogen) atoms. The Bertz CT molecular complexity index is 635. The molecule has 0 bridgehead atoms. The summed E-state index contributed by atoms with van der Waals surface area (Å²) >= 11 is 0. The van der Waals surface area contributed by atoms with Crippen molar-refractivity contribution in [3.05, 3.63) is 42.5 Å². The predicted molar refractivity (Wildman–Crippen MR) is 87.0 cm³/mol. The number of carbonyl (C=O) groups is 1. The summed E-state index contributed by atoms with van der Waals surface area (Å²) < 4.78 is 13.0. The first kappa shape index (κ1) is 15.3. The number of rotatable bonds is 3. The molecule has 0 atom stereocenters. The summed E-state index contributed by atoms with van der Waals surface area (Å²) in [4.78, 5) is 16.2. The third-order valence-corrected chi connectivity index (χ3v) is 4.27. The van der Waals surface area contributed by atoms with E-state index in [4.69, 9.17) is 0 Å². The summed E-state index contributed by atoms with van der Waals surface area (Å²) in [7, 11) is 1.81. The number of hydrogen-bond acceptors (Lipinski definition) is 3. The molecule has 0 radical (unpaired) electrons. The van der Waals surface area contributed by atoms with Gasteiger partial charge in [-0.2, -0.15) is 5.10 Å². The van der Waals surface area contributed by atoms with E-state index in [0.29, 0.717) is 5.69 Å². The Balaban J connectivity index is 1.53. The van der Waals surface area contributed by atoms with Gasteiger partial charge in [-0.1, -0.05) is 0 Å².